The molecule has 0 saturated carbocycles. The molecule has 0 unspecified atom stereocenters. The summed E-state index contributed by atoms with van der Waals surface area (Å²) < 4.78 is 19.0. The summed E-state index contributed by atoms with van der Waals surface area (Å²) in [6, 6.07) is 11.6. The van der Waals surface area contributed by atoms with Crippen LogP contribution in [-0.4, -0.2) is 4.98 Å². The lowest BCUT2D eigenvalue weighted by molar-refractivity contribution is 0.480. The molecule has 5 heteroatoms. The molecule has 0 spiro atoms. The van der Waals surface area contributed by atoms with E-state index in [0.29, 0.717) is 17.1 Å². The molecule has 2 aromatic carbocycles. The van der Waals surface area contributed by atoms with Gasteiger partial charge in [0.1, 0.15) is 17.3 Å². The Hall–Kier alpha value is -2.59. The van der Waals surface area contributed by atoms with Gasteiger partial charge in [-0.3, -0.25) is 4.79 Å². The molecule has 3 aromatic rings. The summed E-state index contributed by atoms with van der Waals surface area (Å²) >= 11 is 5.78. The van der Waals surface area contributed by atoms with Crippen molar-refractivity contribution in [2.45, 2.75) is 32.6 Å². The second kappa shape index (κ2) is 7.20. The molecule has 138 valence electrons. The highest BCUT2D eigenvalue weighted by molar-refractivity contribution is 6.30. The minimum atomic E-state index is -0.485. The second-order valence-corrected chi connectivity index (χ2v) is 7.23. The maximum absolute atomic E-state index is 13.3. The summed E-state index contributed by atoms with van der Waals surface area (Å²) in [7, 11) is 0. The van der Waals surface area contributed by atoms with E-state index in [4.69, 9.17) is 16.3 Å². The third-order valence-electron chi connectivity index (χ3n) is 4.95. The van der Waals surface area contributed by atoms with Gasteiger partial charge in [-0.25, -0.2) is 4.39 Å². The SMILES string of the molecule is Cc1[nH]c2c(c(=O)c1-c1ccc(Oc3ccc(F)c(Cl)c3)cc1)CCCC2. The Balaban J connectivity index is 1.64. The van der Waals surface area contributed by atoms with Crippen molar-refractivity contribution in [2.24, 2.45) is 0 Å². The third-order valence-corrected chi connectivity index (χ3v) is 5.24. The number of benzene rings is 2. The molecule has 3 nitrogen and oxygen atoms in total. The van der Waals surface area contributed by atoms with Gasteiger partial charge in [-0.2, -0.15) is 0 Å². The van der Waals surface area contributed by atoms with Gasteiger partial charge in [0.05, 0.1) is 5.02 Å². The summed E-state index contributed by atoms with van der Waals surface area (Å²) in [5, 5.41) is 0.0142. The fourth-order valence-corrected chi connectivity index (χ4v) is 3.79. The minimum Gasteiger partial charge on any atom is -0.457 e. The third kappa shape index (κ3) is 3.50. The second-order valence-electron chi connectivity index (χ2n) is 6.82. The fraction of sp³-hybridized carbons (Fsp3) is 0.227. The van der Waals surface area contributed by atoms with Crippen LogP contribution in [0.4, 0.5) is 4.39 Å². The van der Waals surface area contributed by atoms with Crippen LogP contribution in [0.15, 0.2) is 47.3 Å². The number of aromatic amines is 1. The van der Waals surface area contributed by atoms with Crippen LogP contribution >= 0.6 is 11.6 Å². The molecule has 0 atom stereocenters. The molecule has 4 rings (SSSR count). The Labute approximate surface area is 161 Å². The van der Waals surface area contributed by atoms with E-state index < -0.39 is 5.82 Å². The molecular weight excluding hydrogens is 365 g/mol. The average Bonchev–Trinajstić information content (AvgIpc) is 2.66. The van der Waals surface area contributed by atoms with Crippen molar-refractivity contribution in [1.82, 2.24) is 4.98 Å². The molecule has 0 amide bonds. The van der Waals surface area contributed by atoms with Gasteiger partial charge in [0.25, 0.3) is 0 Å². The molecule has 1 aromatic heterocycles. The van der Waals surface area contributed by atoms with Crippen molar-refractivity contribution in [2.75, 3.05) is 0 Å². The molecule has 1 N–H and O–H groups in total. The molecule has 0 radical (unpaired) electrons. The molecular formula is C22H19ClFNO2. The first-order valence-electron chi connectivity index (χ1n) is 9.01. The van der Waals surface area contributed by atoms with Crippen LogP contribution in [0.25, 0.3) is 11.1 Å². The highest BCUT2D eigenvalue weighted by Crippen LogP contribution is 2.29. The number of ether oxygens (including phenoxy) is 1. The number of aryl methyl sites for hydroxylation is 2. The van der Waals surface area contributed by atoms with Crippen molar-refractivity contribution in [1.29, 1.82) is 0 Å². The number of rotatable bonds is 3. The summed E-state index contributed by atoms with van der Waals surface area (Å²) in [6.45, 7) is 1.94. The van der Waals surface area contributed by atoms with Crippen LogP contribution in [0.1, 0.15) is 29.8 Å². The van der Waals surface area contributed by atoms with Gasteiger partial charge in [0.15, 0.2) is 5.43 Å². The van der Waals surface area contributed by atoms with Crippen LogP contribution in [0.3, 0.4) is 0 Å². The Morgan fingerprint density at radius 2 is 1.74 bits per heavy atom. The summed E-state index contributed by atoms with van der Waals surface area (Å²) in [5.74, 6) is 0.562. The Morgan fingerprint density at radius 3 is 2.48 bits per heavy atom. The summed E-state index contributed by atoms with van der Waals surface area (Å²) in [6.07, 6.45) is 3.97. The van der Waals surface area contributed by atoms with Crippen LogP contribution in [0.2, 0.25) is 5.02 Å². The standard InChI is InChI=1S/C22H19ClFNO2/c1-13-21(22(26)17-4-2-3-5-20(17)25-13)14-6-8-15(9-7-14)27-16-10-11-19(24)18(23)12-16/h6-12H,2-5H2,1H3,(H,25,26). The minimum absolute atomic E-state index is 0.0142. The monoisotopic (exact) mass is 383 g/mol. The quantitative estimate of drug-likeness (QED) is 0.619. The van der Waals surface area contributed by atoms with E-state index >= 15 is 0 Å². The van der Waals surface area contributed by atoms with Gasteiger partial charge in [-0.1, -0.05) is 23.7 Å². The van der Waals surface area contributed by atoms with Gasteiger partial charge in [-0.05, 0) is 62.4 Å². The van der Waals surface area contributed by atoms with Gasteiger partial charge < -0.3 is 9.72 Å². The van der Waals surface area contributed by atoms with Gasteiger partial charge in [0, 0.05) is 28.6 Å². The molecule has 1 heterocycles. The van der Waals surface area contributed by atoms with E-state index in [2.05, 4.69) is 4.98 Å². The van der Waals surface area contributed by atoms with Crippen molar-refractivity contribution in [3.05, 3.63) is 80.5 Å². The fourth-order valence-electron chi connectivity index (χ4n) is 3.62. The zero-order valence-corrected chi connectivity index (χ0v) is 15.7. The van der Waals surface area contributed by atoms with Crippen LogP contribution in [0, 0.1) is 12.7 Å². The van der Waals surface area contributed by atoms with Crippen molar-refractivity contribution >= 4 is 11.6 Å². The van der Waals surface area contributed by atoms with Crippen LogP contribution < -0.4 is 10.2 Å². The largest absolute Gasteiger partial charge is 0.457 e. The molecule has 0 fully saturated rings. The number of nitrogens with one attached hydrogen (secondary N) is 1. The lowest BCUT2D eigenvalue weighted by Gasteiger charge is -2.18. The number of hydrogen-bond acceptors (Lipinski definition) is 2. The van der Waals surface area contributed by atoms with E-state index in [1.807, 2.05) is 19.1 Å². The Bertz CT molecular complexity index is 1060. The lowest BCUT2D eigenvalue weighted by atomic mass is 9.91. The number of halogens is 2. The molecule has 1 aliphatic carbocycles. The zero-order valence-electron chi connectivity index (χ0n) is 14.9. The maximum Gasteiger partial charge on any atom is 0.193 e. The highest BCUT2D eigenvalue weighted by Gasteiger charge is 2.18. The van der Waals surface area contributed by atoms with E-state index in [-0.39, 0.29) is 10.5 Å². The van der Waals surface area contributed by atoms with Gasteiger partial charge >= 0.3 is 0 Å². The number of H-pyrrole nitrogens is 1. The first-order valence-corrected chi connectivity index (χ1v) is 9.38. The topological polar surface area (TPSA) is 42.1 Å². The molecule has 27 heavy (non-hydrogen) atoms. The Morgan fingerprint density at radius 1 is 1.04 bits per heavy atom. The summed E-state index contributed by atoms with van der Waals surface area (Å²) in [5.41, 5.74) is 4.59. The van der Waals surface area contributed by atoms with Crippen molar-refractivity contribution in [3.8, 4) is 22.6 Å². The number of pyridine rings is 1. The smallest absolute Gasteiger partial charge is 0.193 e. The molecule has 0 aliphatic heterocycles. The zero-order chi connectivity index (χ0) is 19.0. The van der Waals surface area contributed by atoms with Crippen LogP contribution in [-0.2, 0) is 12.8 Å². The number of hydrogen-bond donors (Lipinski definition) is 1. The lowest BCUT2D eigenvalue weighted by Crippen LogP contribution is -2.21. The molecule has 0 saturated heterocycles. The highest BCUT2D eigenvalue weighted by atomic mass is 35.5. The van der Waals surface area contributed by atoms with Gasteiger partial charge in [0.2, 0.25) is 0 Å². The average molecular weight is 384 g/mol. The van der Waals surface area contributed by atoms with E-state index in [1.165, 1.54) is 18.2 Å². The van der Waals surface area contributed by atoms with E-state index in [9.17, 15) is 9.18 Å². The summed E-state index contributed by atoms with van der Waals surface area (Å²) in [4.78, 5) is 16.4. The number of aromatic nitrogens is 1. The number of fused-ring (bicyclic) bond motifs is 1. The predicted octanol–water partition coefficient (Wildman–Crippen LogP) is 5.81. The maximum atomic E-state index is 13.3. The van der Waals surface area contributed by atoms with Gasteiger partial charge in [-0.15, -0.1) is 0 Å². The molecule has 0 bridgehead atoms. The van der Waals surface area contributed by atoms with Crippen molar-refractivity contribution < 1.29 is 9.13 Å². The van der Waals surface area contributed by atoms with E-state index in [0.717, 1.165) is 48.2 Å². The van der Waals surface area contributed by atoms with Crippen LogP contribution in [0.5, 0.6) is 11.5 Å². The van der Waals surface area contributed by atoms with Crippen molar-refractivity contribution in [3.63, 3.8) is 0 Å². The first-order chi connectivity index (χ1) is 13.0. The van der Waals surface area contributed by atoms with E-state index in [1.54, 1.807) is 12.1 Å². The normalized spacial score (nSPS) is 13.3. The first kappa shape index (κ1) is 17.8. The predicted molar refractivity (Wildman–Crippen MR) is 105 cm³/mol. The Kier molecular flexibility index (Phi) is 4.75. The molecule has 1 aliphatic rings.